The van der Waals surface area contributed by atoms with Gasteiger partial charge in [-0.15, -0.1) is 11.6 Å². The fourth-order valence-electron chi connectivity index (χ4n) is 1.83. The van der Waals surface area contributed by atoms with E-state index in [0.29, 0.717) is 5.56 Å². The summed E-state index contributed by atoms with van der Waals surface area (Å²) in [7, 11) is -2.18. The molecule has 0 unspecified atom stereocenters. The van der Waals surface area contributed by atoms with Crippen LogP contribution in [0.1, 0.15) is 11.1 Å². The minimum Gasteiger partial charge on any atom is -0.264 e. The Balaban J connectivity index is 2.33. The summed E-state index contributed by atoms with van der Waals surface area (Å²) in [5, 5.41) is 0.182. The van der Waals surface area contributed by atoms with E-state index in [1.54, 1.807) is 30.6 Å². The maximum Gasteiger partial charge on any atom is 0.244 e. The number of aromatic nitrogens is 1. The van der Waals surface area contributed by atoms with Gasteiger partial charge in [-0.2, -0.15) is 4.31 Å². The Labute approximate surface area is 134 Å². The first-order valence-corrected chi connectivity index (χ1v) is 8.50. The number of halogens is 2. The SMILES string of the molecule is CN(Cc1cccnc1)S(=O)(=O)c1cc(CCl)ccc1Cl. The number of hydrogen-bond donors (Lipinski definition) is 0. The molecule has 0 amide bonds. The number of benzene rings is 1. The molecule has 1 aromatic carbocycles. The molecule has 0 fully saturated rings. The van der Waals surface area contributed by atoms with E-state index in [1.807, 2.05) is 6.07 Å². The second-order valence-corrected chi connectivity index (χ2v) is 7.21. The fourth-order valence-corrected chi connectivity index (χ4v) is 3.68. The fraction of sp³-hybridized carbons (Fsp3) is 0.214. The topological polar surface area (TPSA) is 50.3 Å². The van der Waals surface area contributed by atoms with Crippen molar-refractivity contribution >= 4 is 33.2 Å². The average molecular weight is 345 g/mol. The molecule has 7 heteroatoms. The zero-order chi connectivity index (χ0) is 15.5. The van der Waals surface area contributed by atoms with Gasteiger partial charge in [0.25, 0.3) is 0 Å². The van der Waals surface area contributed by atoms with E-state index in [-0.39, 0.29) is 22.3 Å². The molecule has 0 atom stereocenters. The van der Waals surface area contributed by atoms with Crippen LogP contribution in [0.4, 0.5) is 0 Å². The smallest absolute Gasteiger partial charge is 0.244 e. The highest BCUT2D eigenvalue weighted by molar-refractivity contribution is 7.89. The van der Waals surface area contributed by atoms with Gasteiger partial charge in [0.15, 0.2) is 0 Å². The van der Waals surface area contributed by atoms with Crippen molar-refractivity contribution in [3.63, 3.8) is 0 Å². The molecule has 0 N–H and O–H groups in total. The molecule has 0 saturated heterocycles. The summed E-state index contributed by atoms with van der Waals surface area (Å²) in [4.78, 5) is 4.04. The summed E-state index contributed by atoms with van der Waals surface area (Å²) < 4.78 is 26.4. The summed E-state index contributed by atoms with van der Waals surface area (Å²) in [6.07, 6.45) is 3.27. The van der Waals surface area contributed by atoms with Gasteiger partial charge in [0.1, 0.15) is 4.90 Å². The Hall–Kier alpha value is -1.14. The number of alkyl halides is 1. The van der Waals surface area contributed by atoms with Gasteiger partial charge < -0.3 is 0 Å². The molecule has 21 heavy (non-hydrogen) atoms. The first-order chi connectivity index (χ1) is 9.95. The molecule has 0 aliphatic heterocycles. The molecule has 0 radical (unpaired) electrons. The monoisotopic (exact) mass is 344 g/mol. The third kappa shape index (κ3) is 3.74. The molecule has 0 bridgehead atoms. The predicted octanol–water partition coefficient (Wildman–Crippen LogP) is 3.29. The highest BCUT2D eigenvalue weighted by Crippen LogP contribution is 2.26. The van der Waals surface area contributed by atoms with Crippen LogP contribution in [0.2, 0.25) is 5.02 Å². The zero-order valence-corrected chi connectivity index (χ0v) is 13.7. The van der Waals surface area contributed by atoms with E-state index >= 15 is 0 Å². The number of nitrogens with zero attached hydrogens (tertiary/aromatic N) is 2. The summed E-state index contributed by atoms with van der Waals surface area (Å²) in [6.45, 7) is 0.220. The second-order valence-electron chi connectivity index (χ2n) is 4.52. The van der Waals surface area contributed by atoms with E-state index in [9.17, 15) is 8.42 Å². The van der Waals surface area contributed by atoms with Gasteiger partial charge in [0.05, 0.1) is 5.02 Å². The maximum absolute atomic E-state index is 12.6. The van der Waals surface area contributed by atoms with Crippen LogP contribution in [0.15, 0.2) is 47.6 Å². The predicted molar refractivity (Wildman–Crippen MR) is 83.9 cm³/mol. The molecule has 0 aliphatic rings. The van der Waals surface area contributed by atoms with Crippen LogP contribution in [-0.4, -0.2) is 24.8 Å². The number of pyridine rings is 1. The van der Waals surface area contributed by atoms with Crippen LogP contribution in [0.5, 0.6) is 0 Å². The van der Waals surface area contributed by atoms with Gasteiger partial charge in [0.2, 0.25) is 10.0 Å². The molecule has 1 heterocycles. The van der Waals surface area contributed by atoms with Crippen molar-refractivity contribution in [2.75, 3.05) is 7.05 Å². The Morgan fingerprint density at radius 2 is 2.00 bits per heavy atom. The average Bonchev–Trinajstić information content (AvgIpc) is 2.48. The van der Waals surface area contributed by atoms with Crippen molar-refractivity contribution in [2.45, 2.75) is 17.3 Å². The number of hydrogen-bond acceptors (Lipinski definition) is 3. The lowest BCUT2D eigenvalue weighted by atomic mass is 10.2. The number of rotatable bonds is 5. The lowest BCUT2D eigenvalue weighted by Crippen LogP contribution is -2.27. The van der Waals surface area contributed by atoms with E-state index in [1.165, 1.54) is 17.4 Å². The Kier molecular flexibility index (Phi) is 5.22. The maximum atomic E-state index is 12.6. The highest BCUT2D eigenvalue weighted by atomic mass is 35.5. The van der Waals surface area contributed by atoms with Crippen molar-refractivity contribution in [3.05, 3.63) is 58.9 Å². The van der Waals surface area contributed by atoms with Gasteiger partial charge in [-0.3, -0.25) is 4.98 Å². The molecular weight excluding hydrogens is 331 g/mol. The molecular formula is C14H14Cl2N2O2S. The molecule has 112 valence electrons. The molecule has 4 nitrogen and oxygen atoms in total. The lowest BCUT2D eigenvalue weighted by Gasteiger charge is -2.18. The van der Waals surface area contributed by atoms with Gasteiger partial charge in [-0.1, -0.05) is 23.7 Å². The molecule has 0 spiro atoms. The zero-order valence-electron chi connectivity index (χ0n) is 11.3. The standard InChI is InChI=1S/C14H14Cl2N2O2S/c1-18(10-12-3-2-6-17-9-12)21(19,20)14-7-11(8-15)4-5-13(14)16/h2-7,9H,8,10H2,1H3. The van der Waals surface area contributed by atoms with Crippen LogP contribution in [0, 0.1) is 0 Å². The normalized spacial score (nSPS) is 11.8. The van der Waals surface area contributed by atoms with Crippen molar-refractivity contribution in [1.82, 2.24) is 9.29 Å². The van der Waals surface area contributed by atoms with Gasteiger partial charge >= 0.3 is 0 Å². The summed E-state index contributed by atoms with van der Waals surface area (Å²) >= 11 is 11.8. The van der Waals surface area contributed by atoms with Gasteiger partial charge in [-0.05, 0) is 29.3 Å². The summed E-state index contributed by atoms with van der Waals surface area (Å²) in [5.74, 6) is 0.228. The van der Waals surface area contributed by atoms with Gasteiger partial charge in [-0.25, -0.2) is 8.42 Å². The minimum absolute atomic E-state index is 0.0636. The lowest BCUT2D eigenvalue weighted by molar-refractivity contribution is 0.466. The minimum atomic E-state index is -3.69. The van der Waals surface area contributed by atoms with Crippen LogP contribution in [0.3, 0.4) is 0 Å². The van der Waals surface area contributed by atoms with Crippen molar-refractivity contribution in [3.8, 4) is 0 Å². The van der Waals surface area contributed by atoms with Crippen molar-refractivity contribution in [2.24, 2.45) is 0 Å². The third-order valence-electron chi connectivity index (χ3n) is 2.97. The number of sulfonamides is 1. The van der Waals surface area contributed by atoms with Crippen LogP contribution >= 0.6 is 23.2 Å². The van der Waals surface area contributed by atoms with E-state index < -0.39 is 10.0 Å². The largest absolute Gasteiger partial charge is 0.264 e. The Morgan fingerprint density at radius 1 is 1.24 bits per heavy atom. The molecule has 0 saturated carbocycles. The van der Waals surface area contributed by atoms with Crippen LogP contribution in [0.25, 0.3) is 0 Å². The summed E-state index contributed by atoms with van der Waals surface area (Å²) in [5.41, 5.74) is 1.50. The van der Waals surface area contributed by atoms with Crippen molar-refractivity contribution < 1.29 is 8.42 Å². The quantitative estimate of drug-likeness (QED) is 0.782. The third-order valence-corrected chi connectivity index (χ3v) is 5.56. The molecule has 0 aliphatic carbocycles. The molecule has 2 rings (SSSR count). The Bertz CT molecular complexity index is 721. The van der Waals surface area contributed by atoms with Crippen LogP contribution in [-0.2, 0) is 22.4 Å². The van der Waals surface area contributed by atoms with Crippen LogP contribution < -0.4 is 0 Å². The summed E-state index contributed by atoms with van der Waals surface area (Å²) in [6, 6.07) is 8.33. The molecule has 1 aromatic heterocycles. The van der Waals surface area contributed by atoms with E-state index in [0.717, 1.165) is 5.56 Å². The molecule has 2 aromatic rings. The first kappa shape index (κ1) is 16.2. The van der Waals surface area contributed by atoms with Gasteiger partial charge in [0, 0.05) is 31.9 Å². The highest BCUT2D eigenvalue weighted by Gasteiger charge is 2.24. The first-order valence-electron chi connectivity index (χ1n) is 6.15. The second kappa shape index (κ2) is 6.75. The Morgan fingerprint density at radius 3 is 2.62 bits per heavy atom. The van der Waals surface area contributed by atoms with Crippen molar-refractivity contribution in [1.29, 1.82) is 0 Å². The van der Waals surface area contributed by atoms with E-state index in [2.05, 4.69) is 4.98 Å². The van der Waals surface area contributed by atoms with E-state index in [4.69, 9.17) is 23.2 Å².